The summed E-state index contributed by atoms with van der Waals surface area (Å²) in [6.45, 7) is 2.99. The molecule has 1 aliphatic carbocycles. The van der Waals surface area contributed by atoms with E-state index in [2.05, 4.69) is 48.6 Å². The van der Waals surface area contributed by atoms with Crippen LogP contribution in [0.4, 0.5) is 5.69 Å². The average Bonchev–Trinajstić information content (AvgIpc) is 3.05. The van der Waals surface area contributed by atoms with E-state index in [0.29, 0.717) is 6.04 Å². The number of ether oxygens (including phenoxy) is 1. The monoisotopic (exact) mass is 265 g/mol. The summed E-state index contributed by atoms with van der Waals surface area (Å²) in [6, 6.07) is 13.8. The number of benzene rings is 2. The molecule has 0 radical (unpaired) electrons. The quantitative estimate of drug-likeness (QED) is 0.885. The zero-order valence-electron chi connectivity index (χ0n) is 11.8. The summed E-state index contributed by atoms with van der Waals surface area (Å²) in [4.78, 5) is 0. The molecule has 2 aromatic carbocycles. The van der Waals surface area contributed by atoms with E-state index in [4.69, 9.17) is 4.74 Å². The smallest absolute Gasteiger partial charge is 0.122 e. The predicted molar refractivity (Wildman–Crippen MR) is 81.5 cm³/mol. The van der Waals surface area contributed by atoms with Crippen molar-refractivity contribution in [3.8, 4) is 5.75 Å². The lowest BCUT2D eigenvalue weighted by Crippen LogP contribution is -2.07. The number of anilines is 1. The Morgan fingerprint density at radius 2 is 2.00 bits per heavy atom. The Hall–Kier alpha value is -1.96. The van der Waals surface area contributed by atoms with Crippen LogP contribution in [0, 0.1) is 6.92 Å². The first-order valence-corrected chi connectivity index (χ1v) is 7.41. The largest absolute Gasteiger partial charge is 0.493 e. The molecule has 2 aliphatic rings. The molecule has 1 aliphatic heterocycles. The van der Waals surface area contributed by atoms with Crippen molar-refractivity contribution in [2.45, 2.75) is 32.2 Å². The third kappa shape index (κ3) is 1.96. The Morgan fingerprint density at radius 1 is 1.05 bits per heavy atom. The lowest BCUT2D eigenvalue weighted by molar-refractivity contribution is 0.357. The van der Waals surface area contributed by atoms with E-state index in [1.807, 2.05) is 0 Å². The van der Waals surface area contributed by atoms with Crippen molar-refractivity contribution in [1.82, 2.24) is 0 Å². The fourth-order valence-corrected chi connectivity index (χ4v) is 3.35. The molecule has 0 fully saturated rings. The van der Waals surface area contributed by atoms with Crippen LogP contribution in [0.3, 0.4) is 0 Å². The van der Waals surface area contributed by atoms with Gasteiger partial charge in [0, 0.05) is 12.1 Å². The summed E-state index contributed by atoms with van der Waals surface area (Å²) in [5, 5.41) is 3.70. The number of hydrogen-bond acceptors (Lipinski definition) is 2. The van der Waals surface area contributed by atoms with E-state index in [0.717, 1.165) is 18.8 Å². The van der Waals surface area contributed by atoms with Crippen molar-refractivity contribution in [1.29, 1.82) is 0 Å². The molecular weight excluding hydrogens is 246 g/mol. The van der Waals surface area contributed by atoms with Gasteiger partial charge in [-0.1, -0.05) is 23.8 Å². The van der Waals surface area contributed by atoms with Crippen LogP contribution in [0.15, 0.2) is 36.4 Å². The van der Waals surface area contributed by atoms with E-state index in [1.54, 1.807) is 0 Å². The molecule has 1 unspecified atom stereocenters. The van der Waals surface area contributed by atoms with Crippen LogP contribution in [-0.2, 0) is 12.8 Å². The number of hydrogen-bond donors (Lipinski definition) is 1. The molecule has 2 aromatic rings. The normalized spacial score (nSPS) is 19.4. The van der Waals surface area contributed by atoms with Crippen molar-refractivity contribution in [3.05, 3.63) is 58.7 Å². The fraction of sp³-hybridized carbons (Fsp3) is 0.333. The molecule has 2 heteroatoms. The van der Waals surface area contributed by atoms with E-state index in [9.17, 15) is 0 Å². The number of nitrogens with one attached hydrogen (secondary N) is 1. The summed E-state index contributed by atoms with van der Waals surface area (Å²) >= 11 is 0. The zero-order valence-corrected chi connectivity index (χ0v) is 11.8. The average molecular weight is 265 g/mol. The highest BCUT2D eigenvalue weighted by molar-refractivity contribution is 5.54. The van der Waals surface area contributed by atoms with E-state index in [1.165, 1.54) is 40.8 Å². The molecule has 0 bridgehead atoms. The van der Waals surface area contributed by atoms with Crippen molar-refractivity contribution in [2.24, 2.45) is 0 Å². The van der Waals surface area contributed by atoms with Crippen LogP contribution >= 0.6 is 0 Å². The minimum atomic E-state index is 0.449. The number of aryl methyl sites for hydroxylation is 2. The van der Waals surface area contributed by atoms with E-state index >= 15 is 0 Å². The van der Waals surface area contributed by atoms with Crippen LogP contribution in [-0.4, -0.2) is 6.61 Å². The summed E-state index contributed by atoms with van der Waals surface area (Å²) in [7, 11) is 0. The van der Waals surface area contributed by atoms with Crippen molar-refractivity contribution in [3.63, 3.8) is 0 Å². The van der Waals surface area contributed by atoms with Gasteiger partial charge in [0.2, 0.25) is 0 Å². The highest BCUT2D eigenvalue weighted by Gasteiger charge is 2.22. The molecule has 0 aromatic heterocycles. The van der Waals surface area contributed by atoms with Gasteiger partial charge in [0.25, 0.3) is 0 Å². The van der Waals surface area contributed by atoms with Gasteiger partial charge in [-0.15, -0.1) is 0 Å². The molecule has 4 rings (SSSR count). The molecule has 20 heavy (non-hydrogen) atoms. The van der Waals surface area contributed by atoms with Gasteiger partial charge in [0.1, 0.15) is 5.75 Å². The van der Waals surface area contributed by atoms with Crippen LogP contribution in [0.2, 0.25) is 0 Å². The zero-order chi connectivity index (χ0) is 13.5. The van der Waals surface area contributed by atoms with Gasteiger partial charge in [0.15, 0.2) is 0 Å². The molecule has 0 saturated heterocycles. The van der Waals surface area contributed by atoms with Crippen molar-refractivity contribution in [2.75, 3.05) is 11.9 Å². The van der Waals surface area contributed by atoms with Gasteiger partial charge in [0.05, 0.1) is 12.6 Å². The van der Waals surface area contributed by atoms with Gasteiger partial charge in [-0.05, 0) is 54.7 Å². The molecule has 1 heterocycles. The summed E-state index contributed by atoms with van der Waals surface area (Å²) < 4.78 is 5.57. The minimum Gasteiger partial charge on any atom is -0.493 e. The second-order valence-electron chi connectivity index (χ2n) is 5.86. The van der Waals surface area contributed by atoms with Crippen LogP contribution < -0.4 is 10.1 Å². The second-order valence-corrected chi connectivity index (χ2v) is 5.86. The lowest BCUT2D eigenvalue weighted by atomic mass is 10.0. The molecule has 1 N–H and O–H groups in total. The standard InChI is InChI=1S/C18H19NO/c1-12-2-3-13-4-6-17(16(13)10-12)19-15-5-7-18-14(11-15)8-9-20-18/h2-3,5,7,10-11,17,19H,4,6,8-9H2,1H3. The van der Waals surface area contributed by atoms with E-state index < -0.39 is 0 Å². The van der Waals surface area contributed by atoms with Crippen molar-refractivity contribution < 1.29 is 4.74 Å². The van der Waals surface area contributed by atoms with Gasteiger partial charge < -0.3 is 10.1 Å². The Kier molecular flexibility index (Phi) is 2.69. The molecule has 0 spiro atoms. The Bertz CT molecular complexity index is 662. The van der Waals surface area contributed by atoms with Crippen LogP contribution in [0.25, 0.3) is 0 Å². The maximum Gasteiger partial charge on any atom is 0.122 e. The van der Waals surface area contributed by atoms with Gasteiger partial charge >= 0.3 is 0 Å². The number of fused-ring (bicyclic) bond motifs is 2. The molecule has 0 saturated carbocycles. The first-order chi connectivity index (χ1) is 9.79. The lowest BCUT2D eigenvalue weighted by Gasteiger charge is -2.16. The molecule has 0 amide bonds. The van der Waals surface area contributed by atoms with Crippen LogP contribution in [0.5, 0.6) is 5.75 Å². The summed E-state index contributed by atoms with van der Waals surface area (Å²) in [5.41, 5.74) is 6.87. The topological polar surface area (TPSA) is 21.3 Å². The first-order valence-electron chi connectivity index (χ1n) is 7.41. The Morgan fingerprint density at radius 3 is 2.95 bits per heavy atom. The van der Waals surface area contributed by atoms with E-state index in [-0.39, 0.29) is 0 Å². The number of rotatable bonds is 2. The maximum atomic E-state index is 5.57. The maximum absolute atomic E-state index is 5.57. The molecule has 1 atom stereocenters. The minimum absolute atomic E-state index is 0.449. The Labute approximate surface area is 119 Å². The molecular formula is C18H19NO. The van der Waals surface area contributed by atoms with Crippen molar-refractivity contribution >= 4 is 5.69 Å². The fourth-order valence-electron chi connectivity index (χ4n) is 3.35. The summed E-state index contributed by atoms with van der Waals surface area (Å²) in [5.74, 6) is 1.05. The predicted octanol–water partition coefficient (Wildman–Crippen LogP) is 4.03. The molecule has 2 nitrogen and oxygen atoms in total. The van der Waals surface area contributed by atoms with Gasteiger partial charge in [-0.25, -0.2) is 0 Å². The first kappa shape index (κ1) is 11.8. The van der Waals surface area contributed by atoms with Gasteiger partial charge in [-0.3, -0.25) is 0 Å². The van der Waals surface area contributed by atoms with Gasteiger partial charge in [-0.2, -0.15) is 0 Å². The van der Waals surface area contributed by atoms with Crippen LogP contribution in [0.1, 0.15) is 34.7 Å². The SMILES string of the molecule is Cc1ccc2c(c1)C(Nc1ccc3c(c1)CCO3)CC2. The second kappa shape index (κ2) is 4.55. The third-order valence-corrected chi connectivity index (χ3v) is 4.41. The summed E-state index contributed by atoms with van der Waals surface area (Å²) in [6.07, 6.45) is 3.40. The highest BCUT2D eigenvalue weighted by Crippen LogP contribution is 2.36. The molecule has 102 valence electrons. The Balaban J connectivity index is 1.60. The highest BCUT2D eigenvalue weighted by atomic mass is 16.5. The third-order valence-electron chi connectivity index (χ3n) is 4.41.